The summed E-state index contributed by atoms with van der Waals surface area (Å²) in [6, 6.07) is 3.85. The lowest BCUT2D eigenvalue weighted by Gasteiger charge is -2.27. The number of nitrogens with zero attached hydrogens (tertiary/aromatic N) is 3. The summed E-state index contributed by atoms with van der Waals surface area (Å²) in [4.78, 5) is 18.7. The molecule has 1 amide bonds. The number of aromatic nitrogens is 2. The summed E-state index contributed by atoms with van der Waals surface area (Å²) in [6.07, 6.45) is 1.78. The van der Waals surface area contributed by atoms with E-state index >= 15 is 0 Å². The average Bonchev–Trinajstić information content (AvgIpc) is 2.81. The topological polar surface area (TPSA) is 47.4 Å². The fourth-order valence-corrected chi connectivity index (χ4v) is 2.48. The van der Waals surface area contributed by atoms with E-state index in [0.717, 1.165) is 22.2 Å². The Morgan fingerprint density at radius 3 is 2.79 bits per heavy atom. The molecule has 2 heterocycles. The monoisotopic (exact) mass is 259 g/mol. The summed E-state index contributed by atoms with van der Waals surface area (Å²) in [5.74, 6) is 0.0782. The van der Waals surface area contributed by atoms with Crippen LogP contribution in [0.5, 0.6) is 0 Å². The van der Waals surface area contributed by atoms with Gasteiger partial charge in [-0.15, -0.1) is 0 Å². The second kappa shape index (κ2) is 4.66. The number of carbonyl (C=O) groups is 1. The van der Waals surface area contributed by atoms with Crippen LogP contribution in [0.1, 0.15) is 15.9 Å². The molecule has 1 aromatic heterocycles. The van der Waals surface area contributed by atoms with E-state index in [4.69, 9.17) is 4.74 Å². The van der Waals surface area contributed by atoms with Crippen molar-refractivity contribution in [3.63, 3.8) is 0 Å². The maximum Gasteiger partial charge on any atom is 0.254 e. The van der Waals surface area contributed by atoms with Crippen LogP contribution in [-0.2, 0) is 11.8 Å². The Bertz CT molecular complexity index is 627. The van der Waals surface area contributed by atoms with E-state index in [9.17, 15) is 4.79 Å². The van der Waals surface area contributed by atoms with Crippen LogP contribution in [0.15, 0.2) is 18.5 Å². The van der Waals surface area contributed by atoms with Crippen LogP contribution in [0, 0.1) is 6.92 Å². The molecule has 100 valence electrons. The highest BCUT2D eigenvalue weighted by Gasteiger charge is 2.19. The smallest absolute Gasteiger partial charge is 0.254 e. The number of hydrogen-bond acceptors (Lipinski definition) is 3. The Balaban J connectivity index is 1.99. The Morgan fingerprint density at radius 1 is 1.32 bits per heavy atom. The maximum atomic E-state index is 12.5. The molecule has 1 aromatic carbocycles. The molecule has 0 N–H and O–H groups in total. The molecular formula is C14H17N3O2. The lowest BCUT2D eigenvalue weighted by Crippen LogP contribution is -2.40. The molecule has 1 aliphatic heterocycles. The first-order chi connectivity index (χ1) is 9.16. The summed E-state index contributed by atoms with van der Waals surface area (Å²) < 4.78 is 7.22. The first-order valence-corrected chi connectivity index (χ1v) is 6.45. The minimum atomic E-state index is 0.0782. The van der Waals surface area contributed by atoms with Gasteiger partial charge in [0.2, 0.25) is 0 Å². The van der Waals surface area contributed by atoms with Gasteiger partial charge in [0, 0.05) is 25.7 Å². The van der Waals surface area contributed by atoms with Crippen molar-refractivity contribution in [1.29, 1.82) is 0 Å². The number of fused-ring (bicyclic) bond motifs is 1. The number of morpholine rings is 1. The van der Waals surface area contributed by atoms with Crippen molar-refractivity contribution in [1.82, 2.24) is 14.5 Å². The molecule has 5 heteroatoms. The van der Waals surface area contributed by atoms with E-state index < -0.39 is 0 Å². The number of carbonyl (C=O) groups excluding carboxylic acids is 1. The number of aryl methyl sites for hydroxylation is 2. The third-order valence-corrected chi connectivity index (χ3v) is 3.57. The van der Waals surface area contributed by atoms with Crippen LogP contribution < -0.4 is 0 Å². The van der Waals surface area contributed by atoms with Gasteiger partial charge in [0.1, 0.15) is 0 Å². The zero-order valence-electron chi connectivity index (χ0n) is 11.2. The number of amides is 1. The van der Waals surface area contributed by atoms with Gasteiger partial charge in [-0.1, -0.05) is 0 Å². The second-order valence-electron chi connectivity index (χ2n) is 4.92. The third-order valence-electron chi connectivity index (χ3n) is 3.57. The van der Waals surface area contributed by atoms with Crippen molar-refractivity contribution in [2.45, 2.75) is 6.92 Å². The van der Waals surface area contributed by atoms with Crippen LogP contribution in [0.2, 0.25) is 0 Å². The van der Waals surface area contributed by atoms with Gasteiger partial charge in [0.25, 0.3) is 5.91 Å². The first-order valence-electron chi connectivity index (χ1n) is 6.45. The van der Waals surface area contributed by atoms with Gasteiger partial charge in [0.05, 0.1) is 30.6 Å². The molecule has 5 nitrogen and oxygen atoms in total. The van der Waals surface area contributed by atoms with Crippen molar-refractivity contribution in [2.24, 2.45) is 7.05 Å². The summed E-state index contributed by atoms with van der Waals surface area (Å²) in [7, 11) is 1.94. The molecule has 0 atom stereocenters. The summed E-state index contributed by atoms with van der Waals surface area (Å²) >= 11 is 0. The van der Waals surface area contributed by atoms with Crippen molar-refractivity contribution < 1.29 is 9.53 Å². The summed E-state index contributed by atoms with van der Waals surface area (Å²) in [5, 5.41) is 0. The number of benzene rings is 1. The Labute approximate surface area is 111 Å². The van der Waals surface area contributed by atoms with E-state index in [1.165, 1.54) is 0 Å². The van der Waals surface area contributed by atoms with Crippen molar-refractivity contribution in [3.05, 3.63) is 29.6 Å². The largest absolute Gasteiger partial charge is 0.378 e. The lowest BCUT2D eigenvalue weighted by atomic mass is 10.1. The second-order valence-corrected chi connectivity index (χ2v) is 4.92. The van der Waals surface area contributed by atoms with Gasteiger partial charge in [-0.2, -0.15) is 0 Å². The molecule has 19 heavy (non-hydrogen) atoms. The third kappa shape index (κ3) is 2.10. The molecule has 0 aliphatic carbocycles. The number of ether oxygens (including phenoxy) is 1. The lowest BCUT2D eigenvalue weighted by molar-refractivity contribution is 0.0303. The first kappa shape index (κ1) is 12.2. The number of rotatable bonds is 1. The van der Waals surface area contributed by atoms with Crippen molar-refractivity contribution in [3.8, 4) is 0 Å². The van der Waals surface area contributed by atoms with Crippen molar-refractivity contribution in [2.75, 3.05) is 26.3 Å². The normalized spacial score (nSPS) is 16.0. The van der Waals surface area contributed by atoms with Crippen LogP contribution in [0.3, 0.4) is 0 Å². The highest BCUT2D eigenvalue weighted by atomic mass is 16.5. The molecule has 3 rings (SSSR count). The average molecular weight is 259 g/mol. The van der Waals surface area contributed by atoms with Crippen molar-refractivity contribution >= 4 is 16.9 Å². The Hall–Kier alpha value is -1.88. The van der Waals surface area contributed by atoms with Gasteiger partial charge in [-0.05, 0) is 24.6 Å². The highest BCUT2D eigenvalue weighted by Crippen LogP contribution is 2.20. The zero-order chi connectivity index (χ0) is 13.4. The van der Waals surface area contributed by atoms with Crippen LogP contribution in [0.25, 0.3) is 11.0 Å². The predicted molar refractivity (Wildman–Crippen MR) is 72.2 cm³/mol. The van der Waals surface area contributed by atoms with Gasteiger partial charge >= 0.3 is 0 Å². The van der Waals surface area contributed by atoms with Crippen LogP contribution >= 0.6 is 0 Å². The minimum absolute atomic E-state index is 0.0782. The molecule has 1 saturated heterocycles. The maximum absolute atomic E-state index is 12.5. The summed E-state index contributed by atoms with van der Waals surface area (Å²) in [5.41, 5.74) is 3.72. The number of hydrogen-bond donors (Lipinski definition) is 0. The minimum Gasteiger partial charge on any atom is -0.378 e. The molecule has 0 radical (unpaired) electrons. The van der Waals surface area contributed by atoms with Gasteiger partial charge < -0.3 is 14.2 Å². The summed E-state index contributed by atoms with van der Waals surface area (Å²) in [6.45, 7) is 4.57. The van der Waals surface area contributed by atoms with E-state index in [1.54, 1.807) is 6.33 Å². The zero-order valence-corrected chi connectivity index (χ0v) is 11.2. The molecule has 0 bridgehead atoms. The molecule has 1 fully saturated rings. The van der Waals surface area contributed by atoms with Crippen LogP contribution in [0.4, 0.5) is 0 Å². The molecule has 0 unspecified atom stereocenters. The van der Waals surface area contributed by atoms with E-state index in [0.29, 0.717) is 26.3 Å². The Kier molecular flexibility index (Phi) is 2.98. The number of imidazole rings is 1. The molecule has 2 aromatic rings. The van der Waals surface area contributed by atoms with Gasteiger partial charge in [-0.25, -0.2) is 4.98 Å². The predicted octanol–water partition coefficient (Wildman–Crippen LogP) is 1.35. The fraction of sp³-hybridized carbons (Fsp3) is 0.429. The van der Waals surface area contributed by atoms with Gasteiger partial charge in [0.15, 0.2) is 0 Å². The molecular weight excluding hydrogens is 242 g/mol. The Morgan fingerprint density at radius 2 is 2.05 bits per heavy atom. The SMILES string of the molecule is Cc1cc(C(=O)N2CCOCC2)cc2c1ncn2C. The van der Waals surface area contributed by atoms with Gasteiger partial charge in [-0.3, -0.25) is 4.79 Å². The van der Waals surface area contributed by atoms with E-state index in [1.807, 2.05) is 35.6 Å². The molecule has 0 saturated carbocycles. The molecule has 1 aliphatic rings. The van der Waals surface area contributed by atoms with Crippen LogP contribution in [-0.4, -0.2) is 46.7 Å². The fourth-order valence-electron chi connectivity index (χ4n) is 2.48. The van der Waals surface area contributed by atoms with E-state index in [-0.39, 0.29) is 5.91 Å². The highest BCUT2D eigenvalue weighted by molar-refractivity contribution is 5.98. The van der Waals surface area contributed by atoms with E-state index in [2.05, 4.69) is 4.98 Å². The quantitative estimate of drug-likeness (QED) is 0.776. The standard InChI is InChI=1S/C14H17N3O2/c1-10-7-11(8-12-13(10)15-9-16(12)2)14(18)17-3-5-19-6-4-17/h7-9H,3-6H2,1-2H3. The molecule has 0 spiro atoms.